The molecule has 0 amide bonds. The van der Waals surface area contributed by atoms with Crippen molar-refractivity contribution in [3.8, 4) is 6.07 Å². The molecule has 1 aliphatic rings. The molecule has 114 valence electrons. The fourth-order valence-electron chi connectivity index (χ4n) is 2.25. The molecule has 1 aromatic rings. The molecule has 2 unspecified atom stereocenters. The number of hydrogen-bond acceptors (Lipinski definition) is 4. The smallest absolute Gasteiger partial charge is 0.385 e. The molecule has 7 heteroatoms. The van der Waals surface area contributed by atoms with Crippen molar-refractivity contribution >= 4 is 5.69 Å². The highest BCUT2D eigenvalue weighted by atomic mass is 19.4. The van der Waals surface area contributed by atoms with Crippen LogP contribution >= 0.6 is 0 Å². The molecule has 1 aliphatic heterocycles. The zero-order valence-electron chi connectivity index (χ0n) is 11.4. The van der Waals surface area contributed by atoms with Crippen LogP contribution in [0.5, 0.6) is 0 Å². The maximum atomic E-state index is 12.7. The first-order valence-corrected chi connectivity index (χ1v) is 6.45. The van der Waals surface area contributed by atoms with Gasteiger partial charge in [0.15, 0.2) is 0 Å². The number of nitrogens with zero attached hydrogens (tertiary/aromatic N) is 1. The Morgan fingerprint density at radius 1 is 1.52 bits per heavy atom. The van der Waals surface area contributed by atoms with Crippen molar-refractivity contribution in [1.29, 1.82) is 5.26 Å². The summed E-state index contributed by atoms with van der Waals surface area (Å²) >= 11 is 0. The van der Waals surface area contributed by atoms with E-state index in [-0.39, 0.29) is 12.6 Å². The van der Waals surface area contributed by atoms with E-state index in [4.69, 9.17) is 10.00 Å². The number of rotatable bonds is 3. The summed E-state index contributed by atoms with van der Waals surface area (Å²) in [5, 5.41) is 22.0. The van der Waals surface area contributed by atoms with Crippen LogP contribution in [0, 0.1) is 11.3 Å². The molecule has 1 heterocycles. The van der Waals surface area contributed by atoms with Gasteiger partial charge in [0, 0.05) is 25.3 Å². The van der Waals surface area contributed by atoms with Crippen LogP contribution in [0.4, 0.5) is 18.9 Å². The highest BCUT2D eigenvalue weighted by molar-refractivity contribution is 5.53. The van der Waals surface area contributed by atoms with Gasteiger partial charge in [-0.05, 0) is 25.1 Å². The molecule has 2 atom stereocenters. The van der Waals surface area contributed by atoms with Gasteiger partial charge in [0.2, 0.25) is 0 Å². The van der Waals surface area contributed by atoms with Crippen molar-refractivity contribution in [2.24, 2.45) is 0 Å². The molecular weight excluding hydrogens is 285 g/mol. The lowest BCUT2D eigenvalue weighted by molar-refractivity contribution is -0.137. The molecule has 2 N–H and O–H groups in total. The molecule has 1 aromatic carbocycles. The number of aliphatic hydroxyl groups is 1. The fourth-order valence-corrected chi connectivity index (χ4v) is 2.25. The van der Waals surface area contributed by atoms with Gasteiger partial charge in [-0.25, -0.2) is 0 Å². The summed E-state index contributed by atoms with van der Waals surface area (Å²) in [4.78, 5) is 0. The lowest BCUT2D eigenvalue weighted by atomic mass is 9.96. The monoisotopic (exact) mass is 300 g/mol. The van der Waals surface area contributed by atoms with Crippen LogP contribution in [0.25, 0.3) is 0 Å². The van der Waals surface area contributed by atoms with Gasteiger partial charge in [0.05, 0.1) is 23.3 Å². The second kappa shape index (κ2) is 5.54. The van der Waals surface area contributed by atoms with Crippen molar-refractivity contribution in [2.75, 3.05) is 18.5 Å². The van der Waals surface area contributed by atoms with E-state index in [2.05, 4.69) is 5.32 Å². The largest absolute Gasteiger partial charge is 0.417 e. The minimum atomic E-state index is -4.56. The summed E-state index contributed by atoms with van der Waals surface area (Å²) in [6.45, 7) is 2.32. The summed E-state index contributed by atoms with van der Waals surface area (Å²) in [5.41, 5.74) is -2.12. The first-order chi connectivity index (χ1) is 9.76. The average Bonchev–Trinajstić information content (AvgIpc) is 2.75. The fraction of sp³-hybridized carbons (Fsp3) is 0.500. The number of anilines is 1. The van der Waals surface area contributed by atoms with Crippen molar-refractivity contribution < 1.29 is 23.0 Å². The number of ether oxygens (including phenoxy) is 1. The quantitative estimate of drug-likeness (QED) is 0.900. The molecule has 0 aliphatic carbocycles. The van der Waals surface area contributed by atoms with Crippen molar-refractivity contribution in [2.45, 2.75) is 31.2 Å². The third-order valence-corrected chi connectivity index (χ3v) is 3.70. The van der Waals surface area contributed by atoms with Gasteiger partial charge < -0.3 is 15.2 Å². The Bertz CT molecular complexity index is 568. The van der Waals surface area contributed by atoms with E-state index in [0.29, 0.717) is 18.7 Å². The van der Waals surface area contributed by atoms with Crippen molar-refractivity contribution in [3.05, 3.63) is 29.3 Å². The normalized spacial score (nSPS) is 25.6. The Morgan fingerprint density at radius 3 is 2.76 bits per heavy atom. The number of nitriles is 1. The number of halogens is 3. The van der Waals surface area contributed by atoms with Crippen LogP contribution in [0.3, 0.4) is 0 Å². The SMILES string of the molecule is CC1OCCC1(O)CNc1ccc(C(F)(F)F)c(C#N)c1. The van der Waals surface area contributed by atoms with E-state index in [9.17, 15) is 18.3 Å². The molecule has 4 nitrogen and oxygen atoms in total. The van der Waals surface area contributed by atoms with E-state index in [1.807, 2.05) is 0 Å². The van der Waals surface area contributed by atoms with Gasteiger partial charge in [-0.2, -0.15) is 18.4 Å². The third kappa shape index (κ3) is 3.28. The summed E-state index contributed by atoms with van der Waals surface area (Å²) in [7, 11) is 0. The lowest BCUT2D eigenvalue weighted by Gasteiger charge is -2.26. The second-order valence-electron chi connectivity index (χ2n) is 5.09. The number of benzene rings is 1. The minimum Gasteiger partial charge on any atom is -0.385 e. The van der Waals surface area contributed by atoms with Gasteiger partial charge in [0.25, 0.3) is 0 Å². The van der Waals surface area contributed by atoms with Gasteiger partial charge >= 0.3 is 6.18 Å². The van der Waals surface area contributed by atoms with E-state index in [0.717, 1.165) is 12.1 Å². The Hall–Kier alpha value is -1.78. The van der Waals surface area contributed by atoms with Gasteiger partial charge in [-0.1, -0.05) is 0 Å². The van der Waals surface area contributed by atoms with Crippen molar-refractivity contribution in [3.63, 3.8) is 0 Å². The lowest BCUT2D eigenvalue weighted by Crippen LogP contribution is -2.43. The molecule has 0 spiro atoms. The number of alkyl halides is 3. The average molecular weight is 300 g/mol. The standard InChI is InChI=1S/C14H15F3N2O2/c1-9-13(20,4-5-21-9)8-19-11-2-3-12(14(15,16)17)10(6-11)7-18/h2-3,6,9,19-20H,4-5,8H2,1H3. The van der Waals surface area contributed by atoms with Crippen molar-refractivity contribution in [1.82, 2.24) is 0 Å². The summed E-state index contributed by atoms with van der Waals surface area (Å²) in [6.07, 6.45) is -4.46. The second-order valence-corrected chi connectivity index (χ2v) is 5.09. The zero-order valence-corrected chi connectivity index (χ0v) is 11.4. The third-order valence-electron chi connectivity index (χ3n) is 3.70. The van der Waals surface area contributed by atoms with Crippen LogP contribution in [0.15, 0.2) is 18.2 Å². The Balaban J connectivity index is 2.14. The molecular formula is C14H15F3N2O2. The topological polar surface area (TPSA) is 65.3 Å². The summed E-state index contributed by atoms with van der Waals surface area (Å²) in [6, 6.07) is 4.78. The highest BCUT2D eigenvalue weighted by Gasteiger charge is 2.39. The summed E-state index contributed by atoms with van der Waals surface area (Å²) < 4.78 is 43.3. The predicted octanol–water partition coefficient (Wildman–Crippen LogP) is 2.53. The van der Waals surface area contributed by atoms with Crippen LogP contribution in [-0.4, -0.2) is 30.0 Å². The predicted molar refractivity (Wildman–Crippen MR) is 69.6 cm³/mol. The van der Waals surface area contributed by atoms with E-state index in [1.165, 1.54) is 6.07 Å². The Kier molecular flexibility index (Phi) is 4.12. The van der Waals surface area contributed by atoms with Gasteiger partial charge in [-0.3, -0.25) is 0 Å². The van der Waals surface area contributed by atoms with Crippen LogP contribution in [-0.2, 0) is 10.9 Å². The molecule has 2 rings (SSSR count). The molecule has 1 fully saturated rings. The van der Waals surface area contributed by atoms with Gasteiger partial charge in [-0.15, -0.1) is 0 Å². The maximum absolute atomic E-state index is 12.7. The first kappa shape index (κ1) is 15.6. The molecule has 21 heavy (non-hydrogen) atoms. The minimum absolute atomic E-state index is 0.143. The first-order valence-electron chi connectivity index (χ1n) is 6.45. The van der Waals surface area contributed by atoms with E-state index >= 15 is 0 Å². The highest BCUT2D eigenvalue weighted by Crippen LogP contribution is 2.33. The Morgan fingerprint density at radius 2 is 2.24 bits per heavy atom. The van der Waals surface area contributed by atoms with Crippen LogP contribution in [0.2, 0.25) is 0 Å². The molecule has 0 bridgehead atoms. The van der Waals surface area contributed by atoms with Crippen LogP contribution in [0.1, 0.15) is 24.5 Å². The molecule has 0 saturated carbocycles. The maximum Gasteiger partial charge on any atom is 0.417 e. The number of nitrogens with one attached hydrogen (secondary N) is 1. The van der Waals surface area contributed by atoms with E-state index < -0.39 is 22.9 Å². The Labute approximate surface area is 120 Å². The van der Waals surface area contributed by atoms with Crippen LogP contribution < -0.4 is 5.32 Å². The molecule has 1 saturated heterocycles. The molecule has 0 radical (unpaired) electrons. The van der Waals surface area contributed by atoms with Gasteiger partial charge in [0.1, 0.15) is 5.60 Å². The van der Waals surface area contributed by atoms with E-state index in [1.54, 1.807) is 13.0 Å². The summed E-state index contributed by atoms with van der Waals surface area (Å²) in [5.74, 6) is 0. The molecule has 0 aromatic heterocycles. The zero-order chi connectivity index (χ0) is 15.7. The number of hydrogen-bond donors (Lipinski definition) is 2.